The Bertz CT molecular complexity index is 1790. The lowest BCUT2D eigenvalue weighted by Gasteiger charge is -2.41. The Hall–Kier alpha value is -4.65. The lowest BCUT2D eigenvalue weighted by molar-refractivity contribution is -0.160. The molecule has 1 fully saturated rings. The fourth-order valence-electron chi connectivity index (χ4n) is 5.93. The van der Waals surface area contributed by atoms with Gasteiger partial charge in [0.15, 0.2) is 6.10 Å². The van der Waals surface area contributed by atoms with Crippen LogP contribution in [0.4, 0.5) is 5.69 Å². The van der Waals surface area contributed by atoms with Crippen molar-refractivity contribution in [1.82, 2.24) is 9.61 Å². The molecule has 5 rings (SSSR count). The van der Waals surface area contributed by atoms with Crippen LogP contribution in [-0.4, -0.2) is 56.7 Å². The minimum Gasteiger partial charge on any atom is -0.507 e. The molecule has 0 amide bonds. The van der Waals surface area contributed by atoms with E-state index in [1.54, 1.807) is 18.2 Å². The lowest BCUT2D eigenvalue weighted by atomic mass is 9.91. The maximum absolute atomic E-state index is 12.8. The van der Waals surface area contributed by atoms with E-state index in [9.17, 15) is 20.3 Å². The molecule has 1 saturated heterocycles. The van der Waals surface area contributed by atoms with Crippen LogP contribution < -0.4 is 4.90 Å². The standard InChI is InChI=1S/C36H40N4O5/c1-7-17-44-36(6)13-15-39(16-14-36)32-29-20-28(26-10-8-9-25(19-26)27-18-24(21-37)11-12-30(27)41)38-40(29)22-23(2)31(32)33(34(42)43)45-35(3,4)5/h7-12,18-20,22,33,41H,1,13-17H2,2-6H3,(H,42,43). The quantitative estimate of drug-likeness (QED) is 0.194. The molecule has 0 radical (unpaired) electrons. The van der Waals surface area contributed by atoms with Crippen LogP contribution in [-0.2, 0) is 14.3 Å². The van der Waals surface area contributed by atoms with Gasteiger partial charge in [-0.25, -0.2) is 9.31 Å². The van der Waals surface area contributed by atoms with Crippen molar-refractivity contribution >= 4 is 17.2 Å². The number of aromatic hydroxyl groups is 1. The number of nitrogens with zero attached hydrogens (tertiary/aromatic N) is 4. The summed E-state index contributed by atoms with van der Waals surface area (Å²) in [5.41, 5.74) is 5.16. The van der Waals surface area contributed by atoms with Crippen LogP contribution in [0.15, 0.2) is 67.4 Å². The number of piperidine rings is 1. The monoisotopic (exact) mass is 608 g/mol. The molecule has 45 heavy (non-hydrogen) atoms. The minimum absolute atomic E-state index is 0.0800. The predicted octanol–water partition coefficient (Wildman–Crippen LogP) is 7.06. The Labute approximate surface area is 263 Å². The van der Waals surface area contributed by atoms with Gasteiger partial charge in [0.25, 0.3) is 0 Å². The SMILES string of the molecule is C=CCOC1(C)CCN(c2c(C(OC(C)(C)C)C(=O)O)c(C)cn3nc(-c4cccc(-c5cc(C#N)ccc5O)c4)cc23)CC1. The molecule has 0 spiro atoms. The van der Waals surface area contributed by atoms with Crippen molar-refractivity contribution in [2.24, 2.45) is 0 Å². The van der Waals surface area contributed by atoms with Crippen LogP contribution >= 0.6 is 0 Å². The smallest absolute Gasteiger partial charge is 0.337 e. The van der Waals surface area contributed by atoms with E-state index in [1.165, 1.54) is 6.07 Å². The van der Waals surface area contributed by atoms with E-state index in [4.69, 9.17) is 14.6 Å². The molecule has 4 aromatic rings. The van der Waals surface area contributed by atoms with E-state index in [0.717, 1.165) is 40.7 Å². The molecule has 9 nitrogen and oxygen atoms in total. The number of aromatic nitrogens is 2. The van der Waals surface area contributed by atoms with Gasteiger partial charge in [-0.3, -0.25) is 0 Å². The van der Waals surface area contributed by atoms with Gasteiger partial charge in [-0.15, -0.1) is 6.58 Å². The highest BCUT2D eigenvalue weighted by Gasteiger charge is 2.37. The molecule has 1 atom stereocenters. The summed E-state index contributed by atoms with van der Waals surface area (Å²) < 4.78 is 14.1. The molecule has 1 aliphatic heterocycles. The summed E-state index contributed by atoms with van der Waals surface area (Å²) in [6.07, 6.45) is 3.93. The molecule has 0 saturated carbocycles. The molecule has 2 aromatic heterocycles. The number of pyridine rings is 1. The molecule has 3 heterocycles. The molecule has 1 aliphatic rings. The summed E-state index contributed by atoms with van der Waals surface area (Å²) in [6, 6.07) is 16.5. The normalized spacial score (nSPS) is 15.5. The van der Waals surface area contributed by atoms with Crippen molar-refractivity contribution in [3.05, 3.63) is 84.1 Å². The number of carboxylic acids is 1. The highest BCUT2D eigenvalue weighted by molar-refractivity contribution is 5.87. The molecule has 234 valence electrons. The maximum atomic E-state index is 12.8. The van der Waals surface area contributed by atoms with Crippen LogP contribution in [0.1, 0.15) is 63.3 Å². The van der Waals surface area contributed by atoms with E-state index in [0.29, 0.717) is 42.1 Å². The zero-order valence-electron chi connectivity index (χ0n) is 26.5. The van der Waals surface area contributed by atoms with Crippen LogP contribution in [0.25, 0.3) is 27.9 Å². The first kappa shape index (κ1) is 31.8. The first-order valence-corrected chi connectivity index (χ1v) is 15.1. The summed E-state index contributed by atoms with van der Waals surface area (Å²) in [7, 11) is 0. The van der Waals surface area contributed by atoms with Gasteiger partial charge in [0.2, 0.25) is 0 Å². The van der Waals surface area contributed by atoms with Gasteiger partial charge in [0, 0.05) is 36.0 Å². The van der Waals surface area contributed by atoms with Crippen LogP contribution in [0.2, 0.25) is 0 Å². The number of aryl methyl sites for hydroxylation is 1. The van der Waals surface area contributed by atoms with Gasteiger partial charge >= 0.3 is 5.97 Å². The van der Waals surface area contributed by atoms with E-state index in [-0.39, 0.29) is 11.4 Å². The fraction of sp³-hybridized carbons (Fsp3) is 0.361. The second-order valence-corrected chi connectivity index (χ2v) is 12.8. The molecule has 0 bridgehead atoms. The predicted molar refractivity (Wildman–Crippen MR) is 174 cm³/mol. The summed E-state index contributed by atoms with van der Waals surface area (Å²) in [6.45, 7) is 15.1. The molecular formula is C36H40N4O5. The number of hydrogen-bond donors (Lipinski definition) is 2. The number of hydrogen-bond acceptors (Lipinski definition) is 7. The van der Waals surface area contributed by atoms with Crippen molar-refractivity contribution in [3.8, 4) is 34.2 Å². The van der Waals surface area contributed by atoms with Crippen molar-refractivity contribution < 1.29 is 24.5 Å². The van der Waals surface area contributed by atoms with Gasteiger partial charge in [0.05, 0.1) is 46.3 Å². The Morgan fingerprint density at radius 1 is 1.18 bits per heavy atom. The van der Waals surface area contributed by atoms with Crippen molar-refractivity contribution in [1.29, 1.82) is 5.26 Å². The minimum atomic E-state index is -1.19. The average molecular weight is 609 g/mol. The third-order valence-electron chi connectivity index (χ3n) is 8.21. The number of rotatable bonds is 9. The Morgan fingerprint density at radius 2 is 1.89 bits per heavy atom. The lowest BCUT2D eigenvalue weighted by Crippen LogP contribution is -2.45. The number of aliphatic carboxylic acids is 1. The molecule has 2 N–H and O–H groups in total. The third-order valence-corrected chi connectivity index (χ3v) is 8.21. The number of anilines is 1. The molecule has 2 aromatic carbocycles. The zero-order chi connectivity index (χ0) is 32.5. The number of phenolic OH excluding ortho intramolecular Hbond substituents is 1. The average Bonchev–Trinajstić information content (AvgIpc) is 3.42. The number of ether oxygens (including phenoxy) is 2. The highest BCUT2D eigenvalue weighted by Crippen LogP contribution is 2.41. The fourth-order valence-corrected chi connectivity index (χ4v) is 5.93. The Balaban J connectivity index is 1.65. The summed E-state index contributed by atoms with van der Waals surface area (Å²) >= 11 is 0. The first-order chi connectivity index (χ1) is 21.3. The number of benzene rings is 2. The van der Waals surface area contributed by atoms with E-state index >= 15 is 0 Å². The molecular weight excluding hydrogens is 568 g/mol. The number of carbonyl (C=O) groups is 1. The zero-order valence-corrected chi connectivity index (χ0v) is 26.5. The highest BCUT2D eigenvalue weighted by atomic mass is 16.5. The largest absolute Gasteiger partial charge is 0.507 e. The molecule has 0 aliphatic carbocycles. The number of fused-ring (bicyclic) bond motifs is 1. The maximum Gasteiger partial charge on any atom is 0.337 e. The van der Waals surface area contributed by atoms with Gasteiger partial charge in [-0.1, -0.05) is 24.3 Å². The molecule has 9 heteroatoms. The van der Waals surface area contributed by atoms with E-state index in [1.807, 2.05) is 68.7 Å². The van der Waals surface area contributed by atoms with E-state index in [2.05, 4.69) is 24.5 Å². The van der Waals surface area contributed by atoms with Gasteiger partial charge in [-0.2, -0.15) is 10.4 Å². The Kier molecular flexibility index (Phi) is 8.74. The van der Waals surface area contributed by atoms with Crippen molar-refractivity contribution in [3.63, 3.8) is 0 Å². The summed E-state index contributed by atoms with van der Waals surface area (Å²) in [4.78, 5) is 15.0. The first-order valence-electron chi connectivity index (χ1n) is 15.1. The topological polar surface area (TPSA) is 120 Å². The second kappa shape index (κ2) is 12.4. The van der Waals surface area contributed by atoms with Crippen molar-refractivity contribution in [2.45, 2.75) is 64.8 Å². The van der Waals surface area contributed by atoms with E-state index < -0.39 is 17.7 Å². The third kappa shape index (κ3) is 6.72. The number of phenols is 1. The van der Waals surface area contributed by atoms with Crippen LogP contribution in [0.5, 0.6) is 5.75 Å². The molecule has 1 unspecified atom stereocenters. The van der Waals surface area contributed by atoms with Crippen LogP contribution in [0.3, 0.4) is 0 Å². The number of nitriles is 1. The summed E-state index contributed by atoms with van der Waals surface area (Å²) in [5.74, 6) is -0.974. The number of carboxylic acid groups (broad SMARTS) is 1. The van der Waals surface area contributed by atoms with Crippen LogP contribution in [0, 0.1) is 18.3 Å². The van der Waals surface area contributed by atoms with Gasteiger partial charge in [0.1, 0.15) is 5.75 Å². The van der Waals surface area contributed by atoms with Gasteiger partial charge in [-0.05, 0) is 88.9 Å². The van der Waals surface area contributed by atoms with Crippen molar-refractivity contribution in [2.75, 3.05) is 24.6 Å². The summed E-state index contributed by atoms with van der Waals surface area (Å²) in [5, 5.41) is 35.3. The second-order valence-electron chi connectivity index (χ2n) is 12.8. The van der Waals surface area contributed by atoms with Gasteiger partial charge < -0.3 is 24.6 Å². The Morgan fingerprint density at radius 3 is 2.53 bits per heavy atom.